The summed E-state index contributed by atoms with van der Waals surface area (Å²) in [7, 11) is 0. The molecule has 3 nitrogen and oxygen atoms in total. The van der Waals surface area contributed by atoms with E-state index in [1.807, 2.05) is 32.0 Å². The lowest BCUT2D eigenvalue weighted by molar-refractivity contribution is 0.0909. The molecule has 0 unspecified atom stereocenters. The maximum absolute atomic E-state index is 11.7. The van der Waals surface area contributed by atoms with Crippen molar-refractivity contribution in [2.75, 3.05) is 6.61 Å². The Bertz CT molecular complexity index is 371. The predicted molar refractivity (Wildman–Crippen MR) is 53.5 cm³/mol. The molecule has 0 spiro atoms. The van der Waals surface area contributed by atoms with Crippen molar-refractivity contribution in [3.8, 4) is 5.75 Å². The Balaban J connectivity index is 2.41. The second-order valence-electron chi connectivity index (χ2n) is 4.12. The van der Waals surface area contributed by atoms with Crippen molar-refractivity contribution in [2.24, 2.45) is 0 Å². The molecule has 2 rings (SSSR count). The number of rotatable bonds is 0. The lowest BCUT2D eigenvalue weighted by atomic mass is 10.1. The zero-order valence-electron chi connectivity index (χ0n) is 8.33. The van der Waals surface area contributed by atoms with Crippen LogP contribution in [-0.4, -0.2) is 18.1 Å². The van der Waals surface area contributed by atoms with Crippen molar-refractivity contribution < 1.29 is 9.53 Å². The fourth-order valence-electron chi connectivity index (χ4n) is 1.45. The average molecular weight is 191 g/mol. The van der Waals surface area contributed by atoms with E-state index in [2.05, 4.69) is 5.32 Å². The van der Waals surface area contributed by atoms with Crippen LogP contribution in [0.15, 0.2) is 24.3 Å². The molecule has 14 heavy (non-hydrogen) atoms. The Morgan fingerprint density at radius 2 is 2.07 bits per heavy atom. The van der Waals surface area contributed by atoms with Crippen LogP contribution < -0.4 is 10.1 Å². The van der Waals surface area contributed by atoms with Gasteiger partial charge < -0.3 is 10.1 Å². The molecular weight excluding hydrogens is 178 g/mol. The van der Waals surface area contributed by atoms with Crippen molar-refractivity contribution in [2.45, 2.75) is 19.4 Å². The van der Waals surface area contributed by atoms with Crippen molar-refractivity contribution in [1.82, 2.24) is 5.32 Å². The van der Waals surface area contributed by atoms with E-state index in [4.69, 9.17) is 4.74 Å². The molecule has 0 bridgehead atoms. The summed E-state index contributed by atoms with van der Waals surface area (Å²) in [6.07, 6.45) is 0. The normalized spacial score (nSPS) is 18.9. The highest BCUT2D eigenvalue weighted by atomic mass is 16.5. The number of carbonyl (C=O) groups excluding carboxylic acids is 1. The largest absolute Gasteiger partial charge is 0.490 e. The summed E-state index contributed by atoms with van der Waals surface area (Å²) in [5.41, 5.74) is 0.300. The molecule has 1 aromatic rings. The standard InChI is InChI=1S/C11H13NO2/c1-11(2)7-14-9-6-4-3-5-8(9)10(13)12-11/h3-6H,7H2,1-2H3,(H,12,13). The summed E-state index contributed by atoms with van der Waals surface area (Å²) in [6, 6.07) is 7.28. The zero-order valence-corrected chi connectivity index (χ0v) is 8.33. The molecule has 1 aliphatic rings. The zero-order chi connectivity index (χ0) is 10.2. The lowest BCUT2D eigenvalue weighted by Crippen LogP contribution is -2.45. The van der Waals surface area contributed by atoms with E-state index >= 15 is 0 Å². The van der Waals surface area contributed by atoms with Crippen LogP contribution in [0.25, 0.3) is 0 Å². The van der Waals surface area contributed by atoms with Gasteiger partial charge >= 0.3 is 0 Å². The maximum atomic E-state index is 11.7. The smallest absolute Gasteiger partial charge is 0.255 e. The minimum atomic E-state index is -0.309. The van der Waals surface area contributed by atoms with Crippen LogP contribution in [0.3, 0.4) is 0 Å². The number of fused-ring (bicyclic) bond motifs is 1. The van der Waals surface area contributed by atoms with Crippen molar-refractivity contribution >= 4 is 5.91 Å². The highest BCUT2D eigenvalue weighted by molar-refractivity contribution is 5.97. The monoisotopic (exact) mass is 191 g/mol. The number of hydrogen-bond donors (Lipinski definition) is 1. The van der Waals surface area contributed by atoms with E-state index in [0.29, 0.717) is 17.9 Å². The summed E-state index contributed by atoms with van der Waals surface area (Å²) in [5, 5.41) is 2.91. The quantitative estimate of drug-likeness (QED) is 0.676. The van der Waals surface area contributed by atoms with Gasteiger partial charge in [0, 0.05) is 0 Å². The Hall–Kier alpha value is -1.51. The van der Waals surface area contributed by atoms with Gasteiger partial charge in [-0.25, -0.2) is 0 Å². The highest BCUT2D eigenvalue weighted by Crippen LogP contribution is 2.22. The highest BCUT2D eigenvalue weighted by Gasteiger charge is 2.27. The number of nitrogens with one attached hydrogen (secondary N) is 1. The van der Waals surface area contributed by atoms with E-state index in [9.17, 15) is 4.79 Å². The molecule has 0 atom stereocenters. The molecule has 1 N–H and O–H groups in total. The molecule has 0 radical (unpaired) electrons. The van der Waals surface area contributed by atoms with Crippen molar-refractivity contribution in [1.29, 1.82) is 0 Å². The average Bonchev–Trinajstić information content (AvgIpc) is 2.24. The molecule has 1 amide bonds. The number of hydrogen-bond acceptors (Lipinski definition) is 2. The Morgan fingerprint density at radius 3 is 2.86 bits per heavy atom. The molecule has 0 aliphatic carbocycles. The van der Waals surface area contributed by atoms with Gasteiger partial charge in [-0.2, -0.15) is 0 Å². The number of amides is 1. The van der Waals surface area contributed by atoms with Gasteiger partial charge in [0.15, 0.2) is 0 Å². The van der Waals surface area contributed by atoms with E-state index in [1.54, 1.807) is 6.07 Å². The first-order valence-corrected chi connectivity index (χ1v) is 4.63. The third-order valence-electron chi connectivity index (χ3n) is 2.17. The Labute approximate surface area is 83.1 Å². The molecule has 0 saturated carbocycles. The molecule has 1 heterocycles. The van der Waals surface area contributed by atoms with Crippen LogP contribution >= 0.6 is 0 Å². The van der Waals surface area contributed by atoms with Crippen LogP contribution in [0.4, 0.5) is 0 Å². The van der Waals surface area contributed by atoms with Gasteiger partial charge in [-0.3, -0.25) is 4.79 Å². The SMILES string of the molecule is CC1(C)COc2ccccc2C(=O)N1. The minimum Gasteiger partial charge on any atom is -0.490 e. The molecule has 0 aromatic heterocycles. The fourth-order valence-corrected chi connectivity index (χ4v) is 1.45. The molecule has 3 heteroatoms. The van der Waals surface area contributed by atoms with Crippen molar-refractivity contribution in [3.05, 3.63) is 29.8 Å². The minimum absolute atomic E-state index is 0.0666. The summed E-state index contributed by atoms with van der Waals surface area (Å²) in [6.45, 7) is 4.38. The number of para-hydroxylation sites is 1. The maximum Gasteiger partial charge on any atom is 0.255 e. The van der Waals surface area contributed by atoms with Crippen LogP contribution in [0.2, 0.25) is 0 Å². The van der Waals surface area contributed by atoms with Crippen LogP contribution in [0.1, 0.15) is 24.2 Å². The van der Waals surface area contributed by atoms with E-state index in [1.165, 1.54) is 0 Å². The van der Waals surface area contributed by atoms with Gasteiger partial charge in [0.25, 0.3) is 5.91 Å². The molecule has 1 aliphatic heterocycles. The first-order chi connectivity index (χ1) is 6.58. The Kier molecular flexibility index (Phi) is 1.95. The van der Waals surface area contributed by atoms with Crippen LogP contribution in [0, 0.1) is 0 Å². The Morgan fingerprint density at radius 1 is 1.36 bits per heavy atom. The first kappa shape index (κ1) is 9.06. The number of carbonyl (C=O) groups is 1. The summed E-state index contributed by atoms with van der Waals surface area (Å²) < 4.78 is 5.55. The van der Waals surface area contributed by atoms with Crippen LogP contribution in [-0.2, 0) is 0 Å². The number of ether oxygens (including phenoxy) is 1. The first-order valence-electron chi connectivity index (χ1n) is 4.63. The summed E-state index contributed by atoms with van der Waals surface area (Å²) >= 11 is 0. The van der Waals surface area contributed by atoms with Gasteiger partial charge in [0.1, 0.15) is 12.4 Å². The molecule has 1 aromatic carbocycles. The fraction of sp³-hybridized carbons (Fsp3) is 0.364. The predicted octanol–water partition coefficient (Wildman–Crippen LogP) is 1.59. The van der Waals surface area contributed by atoms with Gasteiger partial charge in [0.05, 0.1) is 11.1 Å². The second kappa shape index (κ2) is 3.01. The van der Waals surface area contributed by atoms with E-state index in [0.717, 1.165) is 0 Å². The lowest BCUT2D eigenvalue weighted by Gasteiger charge is -2.22. The van der Waals surface area contributed by atoms with Crippen LogP contribution in [0.5, 0.6) is 5.75 Å². The van der Waals surface area contributed by atoms with Gasteiger partial charge in [-0.15, -0.1) is 0 Å². The van der Waals surface area contributed by atoms with E-state index in [-0.39, 0.29) is 11.4 Å². The van der Waals surface area contributed by atoms with E-state index < -0.39 is 0 Å². The summed E-state index contributed by atoms with van der Waals surface area (Å²) in [5.74, 6) is 0.596. The van der Waals surface area contributed by atoms with Gasteiger partial charge in [-0.1, -0.05) is 12.1 Å². The third-order valence-corrected chi connectivity index (χ3v) is 2.17. The second-order valence-corrected chi connectivity index (χ2v) is 4.12. The van der Waals surface area contributed by atoms with Gasteiger partial charge in [0.2, 0.25) is 0 Å². The van der Waals surface area contributed by atoms with Gasteiger partial charge in [-0.05, 0) is 26.0 Å². The molecule has 74 valence electrons. The molecular formula is C11H13NO2. The third kappa shape index (κ3) is 1.58. The number of benzene rings is 1. The van der Waals surface area contributed by atoms with Crippen molar-refractivity contribution in [3.63, 3.8) is 0 Å². The molecule has 0 saturated heterocycles. The molecule has 0 fully saturated rings. The summed E-state index contributed by atoms with van der Waals surface area (Å²) in [4.78, 5) is 11.7. The topological polar surface area (TPSA) is 38.3 Å².